The van der Waals surface area contributed by atoms with E-state index in [1.807, 2.05) is 0 Å². The summed E-state index contributed by atoms with van der Waals surface area (Å²) in [6.45, 7) is 0. The molecule has 0 spiro atoms. The van der Waals surface area contributed by atoms with Crippen LogP contribution in [0.5, 0.6) is 0 Å². The van der Waals surface area contributed by atoms with Crippen LogP contribution in [-0.4, -0.2) is 10.2 Å². The largest absolute Gasteiger partial charge is 0.271 e. The van der Waals surface area contributed by atoms with Crippen LogP contribution >= 0.6 is 15.9 Å². The van der Waals surface area contributed by atoms with Gasteiger partial charge in [-0.1, -0.05) is 0 Å². The fourth-order valence-electron chi connectivity index (χ4n) is 1.10. The highest BCUT2D eigenvalue weighted by Crippen LogP contribution is 2.21. The van der Waals surface area contributed by atoms with E-state index in [2.05, 4.69) is 26.1 Å². The number of aromatic amines is 1. The van der Waals surface area contributed by atoms with E-state index >= 15 is 0 Å². The van der Waals surface area contributed by atoms with Gasteiger partial charge in [0.15, 0.2) is 11.6 Å². The third kappa shape index (κ3) is 1.68. The first-order valence-electron chi connectivity index (χ1n) is 3.83. The number of benzene rings is 1. The average molecular weight is 259 g/mol. The molecule has 0 aliphatic carbocycles. The van der Waals surface area contributed by atoms with Gasteiger partial charge in [0.05, 0.1) is 5.69 Å². The fraction of sp³-hybridized carbons (Fsp3) is 0. The third-order valence-electron chi connectivity index (χ3n) is 1.76. The monoisotopic (exact) mass is 258 g/mol. The topological polar surface area (TPSA) is 28.7 Å². The van der Waals surface area contributed by atoms with Gasteiger partial charge in [-0.2, -0.15) is 5.10 Å². The summed E-state index contributed by atoms with van der Waals surface area (Å²) in [6.07, 6.45) is 0. The van der Waals surface area contributed by atoms with Crippen molar-refractivity contribution in [1.82, 2.24) is 10.2 Å². The number of hydrogen-bond donors (Lipinski definition) is 1. The molecule has 0 radical (unpaired) electrons. The maximum absolute atomic E-state index is 12.8. The summed E-state index contributed by atoms with van der Waals surface area (Å²) in [4.78, 5) is 0. The molecule has 0 saturated heterocycles. The van der Waals surface area contributed by atoms with Gasteiger partial charge in [-0.05, 0) is 40.2 Å². The zero-order valence-corrected chi connectivity index (χ0v) is 8.48. The molecule has 0 fully saturated rings. The first kappa shape index (κ1) is 9.33. The highest BCUT2D eigenvalue weighted by Gasteiger charge is 2.06. The first-order valence-corrected chi connectivity index (χ1v) is 4.62. The molecule has 1 aromatic carbocycles. The smallest absolute Gasteiger partial charge is 0.159 e. The van der Waals surface area contributed by atoms with E-state index in [1.54, 1.807) is 6.07 Å². The van der Waals surface area contributed by atoms with E-state index in [-0.39, 0.29) is 0 Å². The van der Waals surface area contributed by atoms with Crippen LogP contribution in [-0.2, 0) is 0 Å². The maximum atomic E-state index is 12.8. The number of H-pyrrole nitrogens is 1. The van der Waals surface area contributed by atoms with E-state index in [0.717, 1.165) is 12.1 Å². The third-order valence-corrected chi connectivity index (χ3v) is 2.17. The summed E-state index contributed by atoms with van der Waals surface area (Å²) in [5, 5.41) is 6.55. The molecular formula is C9H5BrF2N2. The van der Waals surface area contributed by atoms with Crippen molar-refractivity contribution in [2.45, 2.75) is 0 Å². The molecule has 14 heavy (non-hydrogen) atoms. The number of nitrogens with zero attached hydrogens (tertiary/aromatic N) is 1. The Morgan fingerprint density at radius 2 is 1.93 bits per heavy atom. The molecule has 2 rings (SSSR count). The summed E-state index contributed by atoms with van der Waals surface area (Å²) in [6, 6.07) is 5.35. The molecule has 72 valence electrons. The van der Waals surface area contributed by atoms with Crippen molar-refractivity contribution < 1.29 is 8.78 Å². The molecule has 0 bridgehead atoms. The number of nitrogens with one attached hydrogen (secondary N) is 1. The summed E-state index contributed by atoms with van der Waals surface area (Å²) < 4.78 is 26.1. The van der Waals surface area contributed by atoms with Crippen molar-refractivity contribution in [3.8, 4) is 11.3 Å². The van der Waals surface area contributed by atoms with Crippen molar-refractivity contribution in [2.24, 2.45) is 0 Å². The predicted molar refractivity (Wildman–Crippen MR) is 51.6 cm³/mol. The second kappa shape index (κ2) is 3.49. The summed E-state index contributed by atoms with van der Waals surface area (Å²) in [7, 11) is 0. The molecule has 0 aliphatic heterocycles. The van der Waals surface area contributed by atoms with Crippen LogP contribution in [0.3, 0.4) is 0 Å². The van der Waals surface area contributed by atoms with Crippen LogP contribution in [0.2, 0.25) is 0 Å². The minimum absolute atomic E-state index is 0.533. The predicted octanol–water partition coefficient (Wildman–Crippen LogP) is 3.12. The highest BCUT2D eigenvalue weighted by atomic mass is 79.9. The molecule has 2 nitrogen and oxygen atoms in total. The second-order valence-corrected chi connectivity index (χ2v) is 3.58. The molecule has 5 heteroatoms. The summed E-state index contributed by atoms with van der Waals surface area (Å²) in [5.74, 6) is -1.73. The fourth-order valence-corrected chi connectivity index (χ4v) is 1.41. The Hall–Kier alpha value is -1.23. The van der Waals surface area contributed by atoms with Crippen molar-refractivity contribution >= 4 is 15.9 Å². The van der Waals surface area contributed by atoms with Gasteiger partial charge in [-0.3, -0.25) is 5.10 Å². The van der Waals surface area contributed by atoms with Crippen LogP contribution in [0.25, 0.3) is 11.3 Å². The lowest BCUT2D eigenvalue weighted by atomic mass is 10.1. The first-order chi connectivity index (χ1) is 6.66. The lowest BCUT2D eigenvalue weighted by Gasteiger charge is -1.96. The minimum Gasteiger partial charge on any atom is -0.271 e. The maximum Gasteiger partial charge on any atom is 0.159 e. The number of rotatable bonds is 1. The quantitative estimate of drug-likeness (QED) is 0.837. The van der Waals surface area contributed by atoms with Crippen molar-refractivity contribution in [3.63, 3.8) is 0 Å². The Morgan fingerprint density at radius 3 is 2.50 bits per heavy atom. The summed E-state index contributed by atoms with van der Waals surface area (Å²) in [5.41, 5.74) is 1.10. The molecule has 1 heterocycles. The Kier molecular flexibility index (Phi) is 2.33. The molecule has 0 saturated carbocycles. The average Bonchev–Trinajstić information content (AvgIpc) is 2.57. The van der Waals surface area contributed by atoms with Gasteiger partial charge in [0.1, 0.15) is 4.60 Å². The van der Waals surface area contributed by atoms with Gasteiger partial charge in [-0.25, -0.2) is 8.78 Å². The molecule has 1 N–H and O–H groups in total. The molecule has 0 unspecified atom stereocenters. The van der Waals surface area contributed by atoms with Crippen molar-refractivity contribution in [3.05, 3.63) is 40.5 Å². The second-order valence-electron chi connectivity index (χ2n) is 2.73. The Morgan fingerprint density at radius 1 is 1.14 bits per heavy atom. The molecule has 0 aliphatic rings. The molecule has 2 aromatic rings. The van der Waals surface area contributed by atoms with E-state index in [0.29, 0.717) is 15.9 Å². The number of hydrogen-bond acceptors (Lipinski definition) is 1. The SMILES string of the molecule is Fc1ccc(-c2cc(Br)[nH]n2)cc1F. The van der Waals surface area contributed by atoms with E-state index in [9.17, 15) is 8.78 Å². The highest BCUT2D eigenvalue weighted by molar-refractivity contribution is 9.10. The van der Waals surface area contributed by atoms with Crippen LogP contribution in [0.1, 0.15) is 0 Å². The molecule has 1 aromatic heterocycles. The minimum atomic E-state index is -0.873. The van der Waals surface area contributed by atoms with E-state index < -0.39 is 11.6 Å². The molecular weight excluding hydrogens is 254 g/mol. The van der Waals surface area contributed by atoms with Gasteiger partial charge >= 0.3 is 0 Å². The number of halogens is 3. The van der Waals surface area contributed by atoms with Crippen LogP contribution in [0, 0.1) is 11.6 Å². The van der Waals surface area contributed by atoms with Gasteiger partial charge in [0.2, 0.25) is 0 Å². The van der Waals surface area contributed by atoms with Gasteiger partial charge < -0.3 is 0 Å². The normalized spacial score (nSPS) is 10.5. The van der Waals surface area contributed by atoms with Gasteiger partial charge in [0.25, 0.3) is 0 Å². The zero-order valence-electron chi connectivity index (χ0n) is 6.89. The van der Waals surface area contributed by atoms with Crippen LogP contribution in [0.15, 0.2) is 28.9 Å². The van der Waals surface area contributed by atoms with Crippen molar-refractivity contribution in [2.75, 3.05) is 0 Å². The lowest BCUT2D eigenvalue weighted by Crippen LogP contribution is -1.85. The Labute approximate surface area is 87.1 Å². The van der Waals surface area contributed by atoms with Crippen molar-refractivity contribution in [1.29, 1.82) is 0 Å². The van der Waals surface area contributed by atoms with Gasteiger partial charge in [-0.15, -0.1) is 0 Å². The lowest BCUT2D eigenvalue weighted by molar-refractivity contribution is 0.509. The summed E-state index contributed by atoms with van der Waals surface area (Å²) >= 11 is 3.18. The van der Waals surface area contributed by atoms with Crippen LogP contribution < -0.4 is 0 Å². The van der Waals surface area contributed by atoms with Gasteiger partial charge in [0, 0.05) is 5.56 Å². The van der Waals surface area contributed by atoms with Crippen LogP contribution in [0.4, 0.5) is 8.78 Å². The zero-order chi connectivity index (χ0) is 10.1. The Balaban J connectivity index is 2.47. The Bertz CT molecular complexity index is 468. The van der Waals surface area contributed by atoms with E-state index in [1.165, 1.54) is 6.07 Å². The standard InChI is InChI=1S/C9H5BrF2N2/c10-9-4-8(13-14-9)5-1-2-6(11)7(12)3-5/h1-4H,(H,13,14). The molecule has 0 atom stereocenters. The number of aromatic nitrogens is 2. The van der Waals surface area contributed by atoms with E-state index in [4.69, 9.17) is 0 Å². The molecule has 0 amide bonds.